The lowest BCUT2D eigenvalue weighted by Crippen LogP contribution is -2.44. The number of hydrazine groups is 1. The Kier molecular flexibility index (Phi) is 8.30. The van der Waals surface area contributed by atoms with Crippen LogP contribution in [-0.4, -0.2) is 18.4 Å². The van der Waals surface area contributed by atoms with Gasteiger partial charge in [-0.1, -0.05) is 107 Å². The van der Waals surface area contributed by atoms with Crippen molar-refractivity contribution in [3.8, 4) is 5.75 Å². The molecule has 2 amide bonds. The van der Waals surface area contributed by atoms with Crippen molar-refractivity contribution in [1.82, 2.24) is 10.9 Å². The van der Waals surface area contributed by atoms with Crippen LogP contribution in [0, 0.1) is 0 Å². The van der Waals surface area contributed by atoms with Crippen molar-refractivity contribution in [3.05, 3.63) is 136 Å². The van der Waals surface area contributed by atoms with Gasteiger partial charge in [0.15, 0.2) is 0 Å². The molecule has 2 N–H and O–H groups in total. The van der Waals surface area contributed by atoms with Crippen LogP contribution in [0.1, 0.15) is 33.0 Å². The number of carbonyl (C=O) groups is 2. The zero-order chi connectivity index (χ0) is 24.5. The van der Waals surface area contributed by atoms with Crippen molar-refractivity contribution in [1.29, 1.82) is 0 Å². The normalized spacial score (nSPS) is 10.6. The first-order chi connectivity index (χ1) is 17.1. The molecule has 0 heterocycles. The van der Waals surface area contributed by atoms with Crippen LogP contribution in [-0.2, 0) is 11.2 Å². The standard InChI is InChI=1S/C29H25BrN2O3/c30-24-16-17-26(35-19-18-21-10-4-1-5-11-21)25(20-24)28(33)31-32-29(34)27(22-12-6-2-7-13-22)23-14-8-3-9-15-23/h1-17,20,27H,18-19H2,(H,31,33)(H,32,34). The van der Waals surface area contributed by atoms with Crippen LogP contribution in [0.2, 0.25) is 0 Å². The number of nitrogens with one attached hydrogen (secondary N) is 2. The fourth-order valence-electron chi connectivity index (χ4n) is 3.77. The van der Waals surface area contributed by atoms with Gasteiger partial charge in [-0.2, -0.15) is 0 Å². The van der Waals surface area contributed by atoms with Gasteiger partial charge < -0.3 is 4.74 Å². The fourth-order valence-corrected chi connectivity index (χ4v) is 4.13. The Hall–Kier alpha value is -3.90. The third-order valence-corrected chi connectivity index (χ3v) is 6.00. The van der Waals surface area contributed by atoms with E-state index >= 15 is 0 Å². The number of hydrogen-bond acceptors (Lipinski definition) is 3. The maximum absolute atomic E-state index is 13.2. The first-order valence-electron chi connectivity index (χ1n) is 11.3. The highest BCUT2D eigenvalue weighted by molar-refractivity contribution is 9.10. The van der Waals surface area contributed by atoms with Crippen LogP contribution in [0.25, 0.3) is 0 Å². The Bertz CT molecular complexity index is 1230. The molecule has 4 aromatic rings. The molecule has 6 heteroatoms. The van der Waals surface area contributed by atoms with E-state index in [2.05, 4.69) is 26.8 Å². The van der Waals surface area contributed by atoms with E-state index in [9.17, 15) is 9.59 Å². The van der Waals surface area contributed by atoms with Crippen molar-refractivity contribution in [2.45, 2.75) is 12.3 Å². The molecule has 0 bridgehead atoms. The molecule has 0 aliphatic rings. The highest BCUT2D eigenvalue weighted by Crippen LogP contribution is 2.25. The second kappa shape index (κ2) is 12.0. The number of carbonyl (C=O) groups excluding carboxylic acids is 2. The van der Waals surface area contributed by atoms with Crippen molar-refractivity contribution in [2.24, 2.45) is 0 Å². The first-order valence-corrected chi connectivity index (χ1v) is 12.1. The topological polar surface area (TPSA) is 67.4 Å². The molecule has 4 rings (SSSR count). The van der Waals surface area contributed by atoms with Crippen LogP contribution in [0.3, 0.4) is 0 Å². The summed E-state index contributed by atoms with van der Waals surface area (Å²) >= 11 is 3.41. The number of ether oxygens (including phenoxy) is 1. The van der Waals surface area contributed by atoms with Crippen molar-refractivity contribution < 1.29 is 14.3 Å². The number of halogens is 1. The summed E-state index contributed by atoms with van der Waals surface area (Å²) in [6.07, 6.45) is 0.713. The molecule has 0 aliphatic carbocycles. The molecule has 176 valence electrons. The van der Waals surface area contributed by atoms with Crippen molar-refractivity contribution >= 4 is 27.7 Å². The van der Waals surface area contributed by atoms with Gasteiger partial charge in [-0.25, -0.2) is 0 Å². The average molecular weight is 529 g/mol. The number of rotatable bonds is 8. The average Bonchev–Trinajstić information content (AvgIpc) is 2.90. The SMILES string of the molecule is O=C(NNC(=O)C(c1ccccc1)c1ccccc1)c1cc(Br)ccc1OCCc1ccccc1. The first kappa shape index (κ1) is 24.2. The number of hydrogen-bond donors (Lipinski definition) is 2. The summed E-state index contributed by atoms with van der Waals surface area (Å²) < 4.78 is 6.65. The number of amides is 2. The lowest BCUT2D eigenvalue weighted by Gasteiger charge is -2.19. The molecular formula is C29H25BrN2O3. The fraction of sp³-hybridized carbons (Fsp3) is 0.103. The van der Waals surface area contributed by atoms with E-state index in [1.165, 1.54) is 0 Å². The Morgan fingerprint density at radius 2 is 1.31 bits per heavy atom. The van der Waals surface area contributed by atoms with Crippen LogP contribution in [0.15, 0.2) is 114 Å². The minimum Gasteiger partial charge on any atom is -0.492 e. The maximum Gasteiger partial charge on any atom is 0.273 e. The second-order valence-corrected chi connectivity index (χ2v) is 8.84. The summed E-state index contributed by atoms with van der Waals surface area (Å²) in [6.45, 7) is 0.419. The Morgan fingerprint density at radius 3 is 1.91 bits per heavy atom. The quantitative estimate of drug-likeness (QED) is 0.290. The van der Waals surface area contributed by atoms with E-state index in [1.807, 2.05) is 97.1 Å². The molecule has 0 unspecified atom stereocenters. The van der Waals surface area contributed by atoms with Gasteiger partial charge in [-0.05, 0) is 34.9 Å². The van der Waals surface area contributed by atoms with Gasteiger partial charge in [-0.3, -0.25) is 20.4 Å². The summed E-state index contributed by atoms with van der Waals surface area (Å²) in [4.78, 5) is 26.2. The van der Waals surface area contributed by atoms with Gasteiger partial charge in [0.05, 0.1) is 18.1 Å². The van der Waals surface area contributed by atoms with Crippen LogP contribution in [0.5, 0.6) is 5.75 Å². The molecule has 4 aromatic carbocycles. The van der Waals surface area contributed by atoms with Crippen LogP contribution < -0.4 is 15.6 Å². The predicted molar refractivity (Wildman–Crippen MR) is 140 cm³/mol. The molecule has 0 aromatic heterocycles. The van der Waals surface area contributed by atoms with E-state index in [1.54, 1.807) is 12.1 Å². The predicted octanol–water partition coefficient (Wildman–Crippen LogP) is 5.66. The zero-order valence-corrected chi connectivity index (χ0v) is 20.6. The monoisotopic (exact) mass is 528 g/mol. The van der Waals surface area contributed by atoms with Gasteiger partial charge >= 0.3 is 0 Å². The summed E-state index contributed by atoms with van der Waals surface area (Å²) in [7, 11) is 0. The number of benzene rings is 4. The largest absolute Gasteiger partial charge is 0.492 e. The molecule has 0 aliphatic heterocycles. The third kappa shape index (κ3) is 6.58. The van der Waals surface area contributed by atoms with Crippen molar-refractivity contribution in [3.63, 3.8) is 0 Å². The minimum absolute atomic E-state index is 0.323. The van der Waals surface area contributed by atoms with Crippen LogP contribution in [0.4, 0.5) is 0 Å². The molecule has 0 fully saturated rings. The second-order valence-electron chi connectivity index (χ2n) is 7.92. The Balaban J connectivity index is 1.45. The highest BCUT2D eigenvalue weighted by atomic mass is 79.9. The summed E-state index contributed by atoms with van der Waals surface area (Å²) in [5.41, 5.74) is 8.29. The smallest absolute Gasteiger partial charge is 0.273 e. The molecule has 5 nitrogen and oxygen atoms in total. The molecule has 35 heavy (non-hydrogen) atoms. The van der Waals surface area contributed by atoms with Crippen molar-refractivity contribution in [2.75, 3.05) is 6.61 Å². The lowest BCUT2D eigenvalue weighted by atomic mass is 9.91. The lowest BCUT2D eigenvalue weighted by molar-refractivity contribution is -0.122. The summed E-state index contributed by atoms with van der Waals surface area (Å²) in [5, 5.41) is 0. The van der Waals surface area contributed by atoms with Gasteiger partial charge in [0, 0.05) is 10.9 Å². The third-order valence-electron chi connectivity index (χ3n) is 5.50. The van der Waals surface area contributed by atoms with Gasteiger partial charge in [-0.15, -0.1) is 0 Å². The summed E-state index contributed by atoms with van der Waals surface area (Å²) in [5.74, 6) is -0.924. The van der Waals surface area contributed by atoms with Gasteiger partial charge in [0.2, 0.25) is 5.91 Å². The minimum atomic E-state index is -0.568. The molecule has 0 atom stereocenters. The summed E-state index contributed by atoms with van der Waals surface area (Å²) in [6, 6.07) is 34.1. The van der Waals surface area contributed by atoms with Gasteiger partial charge in [0.1, 0.15) is 5.75 Å². The molecule has 0 saturated heterocycles. The van der Waals surface area contributed by atoms with E-state index in [0.717, 1.165) is 21.2 Å². The van der Waals surface area contributed by atoms with Gasteiger partial charge in [0.25, 0.3) is 5.91 Å². The molecule has 0 spiro atoms. The molecule has 0 radical (unpaired) electrons. The molecular weight excluding hydrogens is 504 g/mol. The van der Waals surface area contributed by atoms with E-state index in [0.29, 0.717) is 24.3 Å². The Labute approximate surface area is 213 Å². The Morgan fingerprint density at radius 1 is 0.743 bits per heavy atom. The highest BCUT2D eigenvalue weighted by Gasteiger charge is 2.23. The van der Waals surface area contributed by atoms with E-state index in [4.69, 9.17) is 4.74 Å². The van der Waals surface area contributed by atoms with E-state index < -0.39 is 11.8 Å². The van der Waals surface area contributed by atoms with Crippen LogP contribution >= 0.6 is 15.9 Å². The zero-order valence-electron chi connectivity index (χ0n) is 19.0. The maximum atomic E-state index is 13.2. The molecule has 0 saturated carbocycles. The van der Waals surface area contributed by atoms with E-state index in [-0.39, 0.29) is 5.91 Å².